The zero-order valence-electron chi connectivity index (χ0n) is 16.8. The molecule has 1 fully saturated rings. The second-order valence-corrected chi connectivity index (χ2v) is 9.18. The molecule has 0 unspecified atom stereocenters. The smallest absolute Gasteiger partial charge is 0.414 e. The summed E-state index contributed by atoms with van der Waals surface area (Å²) >= 11 is 13.5. The Kier molecular flexibility index (Phi) is 6.68. The number of anilines is 3. The molecular weight excluding hydrogens is 475 g/mol. The van der Waals surface area contributed by atoms with E-state index < -0.39 is 12.0 Å². The van der Waals surface area contributed by atoms with Gasteiger partial charge in [-0.05, 0) is 43.2 Å². The molecule has 8 nitrogen and oxygen atoms in total. The molecule has 0 bridgehead atoms. The maximum absolute atomic E-state index is 12.4. The average Bonchev–Trinajstić information content (AvgIpc) is 3.14. The Morgan fingerprint density at radius 2 is 2.03 bits per heavy atom. The lowest BCUT2D eigenvalue weighted by molar-refractivity contribution is -0.113. The first-order valence-corrected chi connectivity index (χ1v) is 11.6. The van der Waals surface area contributed by atoms with E-state index in [0.717, 1.165) is 4.90 Å². The fraction of sp³-hybridized carbons (Fsp3) is 0.286. The number of nitrogens with zero attached hydrogens (tertiary/aromatic N) is 1. The van der Waals surface area contributed by atoms with Crippen LogP contribution in [-0.4, -0.2) is 42.9 Å². The second kappa shape index (κ2) is 9.48. The summed E-state index contributed by atoms with van der Waals surface area (Å²) < 4.78 is 5.46. The Labute approximate surface area is 198 Å². The third-order valence-electron chi connectivity index (χ3n) is 5.14. The van der Waals surface area contributed by atoms with Gasteiger partial charge in [-0.25, -0.2) is 4.79 Å². The molecule has 1 atom stereocenters. The predicted molar refractivity (Wildman–Crippen MR) is 126 cm³/mol. The van der Waals surface area contributed by atoms with Crippen molar-refractivity contribution >= 4 is 69.9 Å². The number of nitrogens with one attached hydrogen (secondary N) is 2. The van der Waals surface area contributed by atoms with Crippen molar-refractivity contribution in [3.63, 3.8) is 0 Å². The van der Waals surface area contributed by atoms with Crippen LogP contribution in [-0.2, 0) is 9.53 Å². The van der Waals surface area contributed by atoms with E-state index in [0.29, 0.717) is 43.1 Å². The first-order valence-electron chi connectivity index (χ1n) is 9.90. The molecule has 2 aromatic rings. The molecule has 32 heavy (non-hydrogen) atoms. The Bertz CT molecular complexity index is 1100. The minimum atomic E-state index is -0.438. The molecule has 11 heteroatoms. The highest BCUT2D eigenvalue weighted by Gasteiger charge is 2.32. The topological polar surface area (TPSA) is 114 Å². The standard InChI is InChI=1S/C21H20Cl2N4O4S/c22-13-4-5-14(23)19(24)18(13)20(29)25-7-1-2-12-9-27(21(30)31-12)11-3-6-16-15(8-11)26-17(28)10-32-16/h3-6,8,12H,1-2,7,9-10,24H2,(H,25,29)(H,26,28)/t12-/m0/s1. The molecular formula is C21H20Cl2N4O4S. The van der Waals surface area contributed by atoms with E-state index in [4.69, 9.17) is 33.7 Å². The van der Waals surface area contributed by atoms with Crippen molar-refractivity contribution in [2.24, 2.45) is 0 Å². The number of cyclic esters (lactones) is 1. The van der Waals surface area contributed by atoms with Crippen molar-refractivity contribution in [3.8, 4) is 0 Å². The predicted octanol–water partition coefficient (Wildman–Crippen LogP) is 4.16. The van der Waals surface area contributed by atoms with E-state index in [9.17, 15) is 14.4 Å². The molecule has 4 N–H and O–H groups in total. The SMILES string of the molecule is Nc1c(Cl)ccc(Cl)c1C(=O)NCCC[C@H]1CN(c2ccc3c(c2)NC(=O)CS3)C(=O)O1. The Balaban J connectivity index is 1.30. The summed E-state index contributed by atoms with van der Waals surface area (Å²) in [5.74, 6) is -0.0919. The van der Waals surface area contributed by atoms with Gasteiger partial charge in [0.1, 0.15) is 6.10 Å². The van der Waals surface area contributed by atoms with Crippen LogP contribution < -0.4 is 21.3 Å². The minimum absolute atomic E-state index is 0.0654. The second-order valence-electron chi connectivity index (χ2n) is 7.35. The lowest BCUT2D eigenvalue weighted by Gasteiger charge is -2.20. The molecule has 4 rings (SSSR count). The summed E-state index contributed by atoms with van der Waals surface area (Å²) in [6.45, 7) is 0.747. The van der Waals surface area contributed by atoms with Gasteiger partial charge in [0.2, 0.25) is 5.91 Å². The lowest BCUT2D eigenvalue weighted by atomic mass is 10.1. The molecule has 2 aliphatic rings. The molecule has 3 amide bonds. The molecule has 2 aliphatic heterocycles. The van der Waals surface area contributed by atoms with Crippen molar-refractivity contribution in [2.75, 3.05) is 34.8 Å². The van der Waals surface area contributed by atoms with Crippen LogP contribution in [0.5, 0.6) is 0 Å². The summed E-state index contributed by atoms with van der Waals surface area (Å²) in [6.07, 6.45) is 0.414. The van der Waals surface area contributed by atoms with Crippen LogP contribution >= 0.6 is 35.0 Å². The Morgan fingerprint density at radius 1 is 1.25 bits per heavy atom. The summed E-state index contributed by atoms with van der Waals surface area (Å²) in [7, 11) is 0. The Morgan fingerprint density at radius 3 is 2.84 bits per heavy atom. The number of amides is 3. The quantitative estimate of drug-likeness (QED) is 0.410. The van der Waals surface area contributed by atoms with E-state index in [2.05, 4.69) is 10.6 Å². The van der Waals surface area contributed by atoms with Gasteiger partial charge < -0.3 is 21.1 Å². The van der Waals surface area contributed by atoms with Crippen LogP contribution in [0.4, 0.5) is 21.9 Å². The number of hydrogen-bond acceptors (Lipinski definition) is 6. The number of nitrogen functional groups attached to an aromatic ring is 1. The monoisotopic (exact) mass is 494 g/mol. The first-order chi connectivity index (χ1) is 15.3. The number of nitrogens with two attached hydrogens (primary N) is 1. The summed E-state index contributed by atoms with van der Waals surface area (Å²) in [5.41, 5.74) is 7.50. The largest absolute Gasteiger partial charge is 0.444 e. The number of halogens is 2. The van der Waals surface area contributed by atoms with Gasteiger partial charge in [0, 0.05) is 17.1 Å². The van der Waals surface area contributed by atoms with E-state index in [1.54, 1.807) is 11.0 Å². The van der Waals surface area contributed by atoms with Crippen molar-refractivity contribution < 1.29 is 19.1 Å². The molecule has 0 aromatic heterocycles. The highest BCUT2D eigenvalue weighted by molar-refractivity contribution is 8.00. The molecule has 1 saturated heterocycles. The zero-order valence-corrected chi connectivity index (χ0v) is 19.1. The number of benzene rings is 2. The van der Waals surface area contributed by atoms with Gasteiger partial charge in [-0.15, -0.1) is 11.8 Å². The van der Waals surface area contributed by atoms with Gasteiger partial charge in [-0.3, -0.25) is 14.5 Å². The molecule has 0 saturated carbocycles. The number of hydrogen-bond donors (Lipinski definition) is 3. The molecule has 2 heterocycles. The third-order valence-corrected chi connectivity index (χ3v) is 6.86. The molecule has 2 aromatic carbocycles. The molecule has 0 radical (unpaired) electrons. The molecule has 168 valence electrons. The van der Waals surface area contributed by atoms with E-state index in [-0.39, 0.29) is 33.3 Å². The van der Waals surface area contributed by atoms with Gasteiger partial charge in [0.25, 0.3) is 5.91 Å². The third kappa shape index (κ3) is 4.74. The van der Waals surface area contributed by atoms with Gasteiger partial charge in [-0.2, -0.15) is 0 Å². The van der Waals surface area contributed by atoms with Crippen LogP contribution in [0.3, 0.4) is 0 Å². The fourth-order valence-corrected chi connectivity index (χ4v) is 4.74. The average molecular weight is 495 g/mol. The number of thioether (sulfide) groups is 1. The maximum atomic E-state index is 12.4. The van der Waals surface area contributed by atoms with Crippen LogP contribution in [0.2, 0.25) is 10.0 Å². The van der Waals surface area contributed by atoms with Crippen molar-refractivity contribution in [1.82, 2.24) is 5.32 Å². The normalized spacial score (nSPS) is 17.6. The summed E-state index contributed by atoms with van der Waals surface area (Å²) in [6, 6.07) is 8.56. The van der Waals surface area contributed by atoms with Gasteiger partial charge in [0.05, 0.1) is 39.3 Å². The van der Waals surface area contributed by atoms with Gasteiger partial charge in [-0.1, -0.05) is 23.2 Å². The van der Waals surface area contributed by atoms with Crippen molar-refractivity contribution in [1.29, 1.82) is 0 Å². The van der Waals surface area contributed by atoms with E-state index >= 15 is 0 Å². The van der Waals surface area contributed by atoms with E-state index in [1.165, 1.54) is 23.9 Å². The number of rotatable bonds is 6. The number of fused-ring (bicyclic) bond motifs is 1. The van der Waals surface area contributed by atoms with Crippen LogP contribution in [0.15, 0.2) is 35.2 Å². The lowest BCUT2D eigenvalue weighted by Crippen LogP contribution is -2.27. The molecule has 0 spiro atoms. The van der Waals surface area contributed by atoms with Crippen LogP contribution in [0, 0.1) is 0 Å². The fourth-order valence-electron chi connectivity index (χ4n) is 3.54. The highest BCUT2D eigenvalue weighted by atomic mass is 35.5. The van der Waals surface area contributed by atoms with E-state index in [1.807, 2.05) is 12.1 Å². The van der Waals surface area contributed by atoms with Gasteiger partial charge in [0.15, 0.2) is 0 Å². The van der Waals surface area contributed by atoms with Crippen molar-refractivity contribution in [3.05, 3.63) is 45.9 Å². The Hall–Kier alpha value is -2.62. The maximum Gasteiger partial charge on any atom is 0.414 e. The number of carbonyl (C=O) groups excluding carboxylic acids is 3. The molecule has 0 aliphatic carbocycles. The van der Waals surface area contributed by atoms with Crippen LogP contribution in [0.1, 0.15) is 23.2 Å². The zero-order chi connectivity index (χ0) is 22.8. The number of ether oxygens (including phenoxy) is 1. The van der Waals surface area contributed by atoms with Gasteiger partial charge >= 0.3 is 6.09 Å². The minimum Gasteiger partial charge on any atom is -0.444 e. The summed E-state index contributed by atoms with van der Waals surface area (Å²) in [5, 5.41) is 6.08. The first kappa shape index (κ1) is 22.6. The highest BCUT2D eigenvalue weighted by Crippen LogP contribution is 2.35. The van der Waals surface area contributed by atoms with Crippen molar-refractivity contribution in [2.45, 2.75) is 23.8 Å². The number of carbonyl (C=O) groups is 3. The van der Waals surface area contributed by atoms with Crippen LogP contribution in [0.25, 0.3) is 0 Å². The summed E-state index contributed by atoms with van der Waals surface area (Å²) in [4.78, 5) is 38.9.